The Balaban J connectivity index is 2.63. The van der Waals surface area contributed by atoms with Gasteiger partial charge in [0.1, 0.15) is 0 Å². The van der Waals surface area contributed by atoms with Crippen LogP contribution in [0.2, 0.25) is 0 Å². The van der Waals surface area contributed by atoms with E-state index in [1.807, 2.05) is 0 Å². The van der Waals surface area contributed by atoms with Crippen LogP contribution >= 0.6 is 22.9 Å². The van der Waals surface area contributed by atoms with E-state index in [0.717, 1.165) is 0 Å². The zero-order valence-corrected chi connectivity index (χ0v) is 6.40. The first-order valence-electron chi connectivity index (χ1n) is 2.14. The van der Waals surface area contributed by atoms with Gasteiger partial charge >= 0.3 is 0 Å². The third kappa shape index (κ3) is 4.69. The first kappa shape index (κ1) is 6.69. The molecule has 0 aliphatic carbocycles. The van der Waals surface area contributed by atoms with Gasteiger partial charge in [0.15, 0.2) is 0 Å². The molecule has 0 aromatic carbocycles. The SMILES string of the molecule is CCCN(C)I. The molecule has 0 rings (SSSR count). The topological polar surface area (TPSA) is 3.24 Å². The van der Waals surface area contributed by atoms with E-state index in [4.69, 9.17) is 0 Å². The smallest absolute Gasteiger partial charge is 0.0198 e. The van der Waals surface area contributed by atoms with Crippen molar-refractivity contribution in [1.82, 2.24) is 3.11 Å². The highest BCUT2D eigenvalue weighted by Gasteiger charge is 1.81. The van der Waals surface area contributed by atoms with Crippen LogP contribution in [0.4, 0.5) is 0 Å². The molecule has 0 amide bonds. The van der Waals surface area contributed by atoms with Crippen LogP contribution in [0, 0.1) is 0 Å². The summed E-state index contributed by atoms with van der Waals surface area (Å²) in [6.07, 6.45) is 1.25. The Labute approximate surface area is 53.2 Å². The number of halogens is 1. The van der Waals surface area contributed by atoms with Gasteiger partial charge in [0.2, 0.25) is 0 Å². The molecule has 0 radical (unpaired) electrons. The second-order valence-corrected chi connectivity index (χ2v) is 2.98. The van der Waals surface area contributed by atoms with E-state index >= 15 is 0 Å². The van der Waals surface area contributed by atoms with Gasteiger partial charge in [-0.2, -0.15) is 0 Å². The molecule has 0 N–H and O–H groups in total. The van der Waals surface area contributed by atoms with Crippen LogP contribution in [-0.2, 0) is 0 Å². The quantitative estimate of drug-likeness (QED) is 0.483. The van der Waals surface area contributed by atoms with Crippen LogP contribution in [0.15, 0.2) is 0 Å². The molecule has 0 aliphatic rings. The second-order valence-electron chi connectivity index (χ2n) is 1.33. The van der Waals surface area contributed by atoms with Gasteiger partial charge in [-0.15, -0.1) is 0 Å². The van der Waals surface area contributed by atoms with Crippen LogP contribution in [0.1, 0.15) is 13.3 Å². The zero-order chi connectivity index (χ0) is 4.99. The van der Waals surface area contributed by atoms with E-state index in [1.54, 1.807) is 0 Å². The lowest BCUT2D eigenvalue weighted by Gasteiger charge is -2.00. The summed E-state index contributed by atoms with van der Waals surface area (Å²) in [5, 5.41) is 0. The van der Waals surface area contributed by atoms with Crippen LogP contribution in [0.5, 0.6) is 0 Å². The normalized spacial score (nSPS) is 10.0. The van der Waals surface area contributed by atoms with Crippen LogP contribution in [0.25, 0.3) is 0 Å². The molecular weight excluding hydrogens is 189 g/mol. The van der Waals surface area contributed by atoms with Crippen LogP contribution < -0.4 is 0 Å². The lowest BCUT2D eigenvalue weighted by molar-refractivity contribution is 0.600. The molecule has 38 valence electrons. The summed E-state index contributed by atoms with van der Waals surface area (Å²) in [5.74, 6) is 0. The Morgan fingerprint density at radius 2 is 2.17 bits per heavy atom. The monoisotopic (exact) mass is 199 g/mol. The third-order valence-electron chi connectivity index (χ3n) is 0.532. The molecule has 0 spiro atoms. The fourth-order valence-electron chi connectivity index (χ4n) is 0.308. The molecule has 0 unspecified atom stereocenters. The van der Waals surface area contributed by atoms with Crippen molar-refractivity contribution in [1.29, 1.82) is 0 Å². The number of hydrogen-bond acceptors (Lipinski definition) is 1. The van der Waals surface area contributed by atoms with Gasteiger partial charge in [0.25, 0.3) is 0 Å². The maximum Gasteiger partial charge on any atom is 0.0198 e. The molecule has 0 aromatic heterocycles. The standard InChI is InChI=1S/C4H10IN/c1-3-4-6(2)5/h3-4H2,1-2H3. The predicted molar refractivity (Wildman–Crippen MR) is 36.9 cm³/mol. The van der Waals surface area contributed by atoms with Crippen molar-refractivity contribution in [2.24, 2.45) is 0 Å². The minimum Gasteiger partial charge on any atom is -0.251 e. The van der Waals surface area contributed by atoms with Crippen molar-refractivity contribution in [3.63, 3.8) is 0 Å². The minimum atomic E-state index is 1.20. The molecule has 0 fully saturated rings. The highest BCUT2D eigenvalue weighted by molar-refractivity contribution is 14.1. The van der Waals surface area contributed by atoms with Gasteiger partial charge in [-0.3, -0.25) is 3.11 Å². The van der Waals surface area contributed by atoms with Crippen LogP contribution in [0.3, 0.4) is 0 Å². The van der Waals surface area contributed by atoms with Crippen molar-refractivity contribution in [3.05, 3.63) is 0 Å². The molecule has 0 bridgehead atoms. The Kier molecular flexibility index (Phi) is 4.31. The van der Waals surface area contributed by atoms with Crippen molar-refractivity contribution >= 4 is 22.9 Å². The van der Waals surface area contributed by atoms with Gasteiger partial charge in [-0.1, -0.05) is 6.92 Å². The van der Waals surface area contributed by atoms with E-state index in [1.165, 1.54) is 13.0 Å². The van der Waals surface area contributed by atoms with Crippen molar-refractivity contribution in [2.45, 2.75) is 13.3 Å². The van der Waals surface area contributed by atoms with Crippen molar-refractivity contribution in [3.8, 4) is 0 Å². The molecule has 2 heteroatoms. The molecular formula is C4H10IN. The van der Waals surface area contributed by atoms with Gasteiger partial charge in [-0.25, -0.2) is 0 Å². The molecule has 0 aliphatic heterocycles. The Hall–Kier alpha value is 0.690. The van der Waals surface area contributed by atoms with Gasteiger partial charge in [0.05, 0.1) is 0 Å². The van der Waals surface area contributed by atoms with E-state index in [-0.39, 0.29) is 0 Å². The zero-order valence-electron chi connectivity index (χ0n) is 4.24. The highest BCUT2D eigenvalue weighted by Crippen LogP contribution is 1.91. The second kappa shape index (κ2) is 3.87. The third-order valence-corrected chi connectivity index (χ3v) is 1.01. The van der Waals surface area contributed by atoms with Gasteiger partial charge in [-0.05, 0) is 13.5 Å². The molecule has 6 heavy (non-hydrogen) atoms. The maximum absolute atomic E-state index is 2.28. The summed E-state index contributed by atoms with van der Waals surface area (Å²) in [5.41, 5.74) is 0. The Morgan fingerprint density at radius 1 is 1.67 bits per heavy atom. The Morgan fingerprint density at radius 3 is 2.17 bits per heavy atom. The van der Waals surface area contributed by atoms with Gasteiger partial charge in [0, 0.05) is 29.4 Å². The minimum absolute atomic E-state index is 1.20. The first-order valence-corrected chi connectivity index (χ1v) is 3.10. The van der Waals surface area contributed by atoms with E-state index in [2.05, 4.69) is 39.9 Å². The summed E-state index contributed by atoms with van der Waals surface area (Å²) in [6, 6.07) is 0. The average Bonchev–Trinajstić information content (AvgIpc) is 1.35. The molecule has 0 heterocycles. The first-order chi connectivity index (χ1) is 2.77. The fraction of sp³-hybridized carbons (Fsp3) is 1.00. The largest absolute Gasteiger partial charge is 0.251 e. The van der Waals surface area contributed by atoms with Gasteiger partial charge < -0.3 is 0 Å². The summed E-state index contributed by atoms with van der Waals surface area (Å²) in [6.45, 7) is 3.37. The maximum atomic E-state index is 2.28. The van der Waals surface area contributed by atoms with Crippen LogP contribution in [-0.4, -0.2) is 16.7 Å². The Bertz CT molecular complexity index is 28.7. The number of rotatable bonds is 2. The molecule has 0 atom stereocenters. The summed E-state index contributed by atoms with van der Waals surface area (Å²) in [7, 11) is 2.07. The molecule has 0 saturated heterocycles. The van der Waals surface area contributed by atoms with E-state index < -0.39 is 0 Å². The van der Waals surface area contributed by atoms with Crippen molar-refractivity contribution in [2.75, 3.05) is 13.6 Å². The molecule has 1 nitrogen and oxygen atoms in total. The van der Waals surface area contributed by atoms with E-state index in [9.17, 15) is 0 Å². The van der Waals surface area contributed by atoms with E-state index in [0.29, 0.717) is 0 Å². The lowest BCUT2D eigenvalue weighted by Crippen LogP contribution is -2.02. The van der Waals surface area contributed by atoms with Crippen molar-refractivity contribution < 1.29 is 0 Å². The molecule has 0 saturated carbocycles. The average molecular weight is 199 g/mol. The number of nitrogens with zero attached hydrogens (tertiary/aromatic N) is 1. The summed E-state index contributed by atoms with van der Waals surface area (Å²) in [4.78, 5) is 0. The lowest BCUT2D eigenvalue weighted by atomic mass is 10.5. The fourth-order valence-corrected chi connectivity index (χ4v) is 0.791. The summed E-state index contributed by atoms with van der Waals surface area (Å²) >= 11 is 2.28. The highest BCUT2D eigenvalue weighted by atomic mass is 127. The number of hydrogen-bond donors (Lipinski definition) is 0. The molecule has 0 aromatic rings. The predicted octanol–water partition coefficient (Wildman–Crippen LogP) is 1.68. The summed E-state index contributed by atoms with van der Waals surface area (Å²) < 4.78 is 2.15.